The Hall–Kier alpha value is 0.0334. The molecule has 1 rings (SSSR count). The van der Waals surface area contributed by atoms with Crippen LogP contribution < -0.4 is 0 Å². The van der Waals surface area contributed by atoms with E-state index in [-0.39, 0.29) is 25.0 Å². The predicted octanol–water partition coefficient (Wildman–Crippen LogP) is 1.40. The zero-order chi connectivity index (χ0) is 5.33. The monoisotopic (exact) mass is 197 g/mol. The molecule has 1 heterocycles. The molecule has 1 nitrogen and oxygen atoms in total. The smallest absolute Gasteiger partial charge is 0.0735 e. The first-order valence-corrected chi connectivity index (χ1v) is 2.44. The van der Waals surface area contributed by atoms with Crippen molar-refractivity contribution in [1.29, 1.82) is 0 Å². The van der Waals surface area contributed by atoms with Gasteiger partial charge in [0, 0.05) is 25.7 Å². The maximum atomic E-state index is 4.13. The average molecular weight is 196 g/mol. The molecule has 46 valence electrons. The number of rotatable bonds is 0. The summed E-state index contributed by atoms with van der Waals surface area (Å²) in [7, 11) is 0. The Bertz CT molecular complexity index is 110. The van der Waals surface area contributed by atoms with E-state index in [1.807, 2.05) is 12.3 Å². The van der Waals surface area contributed by atoms with Gasteiger partial charge < -0.3 is 0 Å². The van der Waals surface area contributed by atoms with Gasteiger partial charge in [-0.25, -0.2) is 0 Å². The Morgan fingerprint density at radius 2 is 2.00 bits per heavy atom. The van der Waals surface area contributed by atoms with Crippen LogP contribution in [-0.4, -0.2) is 11.8 Å². The molecule has 0 saturated heterocycles. The molecule has 1 aliphatic rings. The quantitative estimate of drug-likeness (QED) is 0.519. The third-order valence-electron chi connectivity index (χ3n) is 0.997. The van der Waals surface area contributed by atoms with Crippen LogP contribution in [-0.2, 0) is 19.5 Å². The molecule has 0 spiro atoms. The van der Waals surface area contributed by atoms with E-state index in [0.717, 1.165) is 0 Å². The van der Waals surface area contributed by atoms with Gasteiger partial charge >= 0.3 is 0 Å². The normalized spacial score (nSPS) is 20.8. The standard InChI is InChI=1S/C6H9N.Ru/c1-6(2)4-3-5-7-6;/h3-5H,1-2H3;. The van der Waals surface area contributed by atoms with Crippen LogP contribution in [0.15, 0.2) is 17.1 Å². The Morgan fingerprint density at radius 3 is 2.12 bits per heavy atom. The molecule has 0 radical (unpaired) electrons. The maximum absolute atomic E-state index is 4.13. The van der Waals surface area contributed by atoms with Crippen LogP contribution >= 0.6 is 0 Å². The Balaban J connectivity index is 0.000000490. The van der Waals surface area contributed by atoms with E-state index in [2.05, 4.69) is 24.9 Å². The molecule has 0 amide bonds. The zero-order valence-electron chi connectivity index (χ0n) is 5.03. The molecule has 0 unspecified atom stereocenters. The number of hydrogen-bond acceptors (Lipinski definition) is 1. The van der Waals surface area contributed by atoms with Gasteiger partial charge in [-0.05, 0) is 19.9 Å². The van der Waals surface area contributed by atoms with Crippen molar-refractivity contribution in [3.63, 3.8) is 0 Å². The number of allylic oxidation sites excluding steroid dienone is 1. The van der Waals surface area contributed by atoms with Crippen molar-refractivity contribution in [2.45, 2.75) is 19.4 Å². The molecule has 0 aromatic carbocycles. The van der Waals surface area contributed by atoms with E-state index in [0.29, 0.717) is 0 Å². The minimum atomic E-state index is 0. The van der Waals surface area contributed by atoms with Gasteiger partial charge in [0.15, 0.2) is 0 Å². The summed E-state index contributed by atoms with van der Waals surface area (Å²) in [6.45, 7) is 4.15. The van der Waals surface area contributed by atoms with E-state index in [1.54, 1.807) is 0 Å². The summed E-state index contributed by atoms with van der Waals surface area (Å²) in [6, 6.07) is 0. The molecule has 0 fully saturated rings. The summed E-state index contributed by atoms with van der Waals surface area (Å²) in [5.41, 5.74) is 0.0833. The van der Waals surface area contributed by atoms with Crippen LogP contribution in [0.25, 0.3) is 0 Å². The van der Waals surface area contributed by atoms with Gasteiger partial charge in [0.05, 0.1) is 5.54 Å². The topological polar surface area (TPSA) is 12.4 Å². The molecule has 8 heavy (non-hydrogen) atoms. The number of hydrogen-bond donors (Lipinski definition) is 0. The molecule has 0 aliphatic carbocycles. The first kappa shape index (κ1) is 8.03. The molecule has 0 atom stereocenters. The molecule has 0 bridgehead atoms. The van der Waals surface area contributed by atoms with Crippen LogP contribution in [0.3, 0.4) is 0 Å². The fraction of sp³-hybridized carbons (Fsp3) is 0.500. The second-order valence-electron chi connectivity index (χ2n) is 2.29. The molecule has 2 heteroatoms. The van der Waals surface area contributed by atoms with Crippen molar-refractivity contribution in [3.05, 3.63) is 12.2 Å². The average Bonchev–Trinajstić information content (AvgIpc) is 1.84. The first-order chi connectivity index (χ1) is 3.21. The summed E-state index contributed by atoms with van der Waals surface area (Å²) in [5, 5.41) is 0. The summed E-state index contributed by atoms with van der Waals surface area (Å²) >= 11 is 0. The summed E-state index contributed by atoms with van der Waals surface area (Å²) in [4.78, 5) is 4.13. The van der Waals surface area contributed by atoms with Crippen molar-refractivity contribution in [2.24, 2.45) is 4.99 Å². The van der Waals surface area contributed by atoms with Gasteiger partial charge in [-0.3, -0.25) is 4.99 Å². The van der Waals surface area contributed by atoms with Crippen molar-refractivity contribution in [1.82, 2.24) is 0 Å². The minimum absolute atomic E-state index is 0. The fourth-order valence-electron chi connectivity index (χ4n) is 0.557. The van der Waals surface area contributed by atoms with E-state index in [4.69, 9.17) is 0 Å². The Kier molecular flexibility index (Phi) is 2.55. The van der Waals surface area contributed by atoms with Crippen molar-refractivity contribution in [3.8, 4) is 0 Å². The SMILES string of the molecule is CC1(C)C=CC=N1.[Ru]. The Morgan fingerprint density at radius 1 is 1.38 bits per heavy atom. The van der Waals surface area contributed by atoms with Gasteiger partial charge in [-0.2, -0.15) is 0 Å². The molecule has 0 aromatic heterocycles. The Labute approximate surface area is 62.6 Å². The van der Waals surface area contributed by atoms with Gasteiger partial charge in [0.2, 0.25) is 0 Å². The zero-order valence-corrected chi connectivity index (χ0v) is 6.77. The van der Waals surface area contributed by atoms with Gasteiger partial charge in [0.1, 0.15) is 0 Å². The largest absolute Gasteiger partial charge is 0.283 e. The van der Waals surface area contributed by atoms with Gasteiger partial charge in [0.25, 0.3) is 0 Å². The minimum Gasteiger partial charge on any atom is -0.283 e. The third-order valence-corrected chi connectivity index (χ3v) is 0.997. The maximum Gasteiger partial charge on any atom is 0.0735 e. The molecule has 1 aliphatic heterocycles. The van der Waals surface area contributed by atoms with Crippen molar-refractivity contribution < 1.29 is 19.5 Å². The third kappa shape index (κ3) is 1.87. The molecule has 0 aromatic rings. The van der Waals surface area contributed by atoms with E-state index in [9.17, 15) is 0 Å². The van der Waals surface area contributed by atoms with Gasteiger partial charge in [-0.15, -0.1) is 0 Å². The second-order valence-corrected chi connectivity index (χ2v) is 2.29. The van der Waals surface area contributed by atoms with E-state index >= 15 is 0 Å². The molecule has 0 N–H and O–H groups in total. The van der Waals surface area contributed by atoms with Crippen LogP contribution in [0.2, 0.25) is 0 Å². The summed E-state index contributed by atoms with van der Waals surface area (Å²) in [5.74, 6) is 0. The molecule has 0 saturated carbocycles. The van der Waals surface area contributed by atoms with Crippen LogP contribution in [0, 0.1) is 0 Å². The van der Waals surface area contributed by atoms with Gasteiger partial charge in [-0.1, -0.05) is 6.08 Å². The summed E-state index contributed by atoms with van der Waals surface area (Å²) in [6.07, 6.45) is 5.88. The van der Waals surface area contributed by atoms with E-state index in [1.165, 1.54) is 0 Å². The predicted molar refractivity (Wildman–Crippen MR) is 31.7 cm³/mol. The molecular weight excluding hydrogens is 187 g/mol. The van der Waals surface area contributed by atoms with Crippen LogP contribution in [0.1, 0.15) is 13.8 Å². The first-order valence-electron chi connectivity index (χ1n) is 2.44. The van der Waals surface area contributed by atoms with Crippen molar-refractivity contribution in [2.75, 3.05) is 0 Å². The van der Waals surface area contributed by atoms with Crippen LogP contribution in [0.5, 0.6) is 0 Å². The number of aliphatic imine (C=N–C) groups is 1. The van der Waals surface area contributed by atoms with Crippen LogP contribution in [0.4, 0.5) is 0 Å². The number of nitrogens with zero attached hydrogens (tertiary/aromatic N) is 1. The molecular formula is C6H9NRu. The second kappa shape index (κ2) is 2.54. The fourth-order valence-corrected chi connectivity index (χ4v) is 0.557. The van der Waals surface area contributed by atoms with Crippen molar-refractivity contribution >= 4 is 6.21 Å². The summed E-state index contributed by atoms with van der Waals surface area (Å²) < 4.78 is 0. The van der Waals surface area contributed by atoms with E-state index < -0.39 is 0 Å².